The predicted octanol–water partition coefficient (Wildman–Crippen LogP) is 0.580. The molecule has 1 aromatic rings. The minimum absolute atomic E-state index is 0.523. The van der Waals surface area contributed by atoms with Crippen molar-refractivity contribution in [3.63, 3.8) is 0 Å². The van der Waals surface area contributed by atoms with Gasteiger partial charge >= 0.3 is 0 Å². The van der Waals surface area contributed by atoms with Crippen LogP contribution in [0.5, 0.6) is 0 Å². The lowest BCUT2D eigenvalue weighted by Gasteiger charge is -2.07. The first-order chi connectivity index (χ1) is 5.74. The van der Waals surface area contributed by atoms with E-state index in [4.69, 9.17) is 18.0 Å². The van der Waals surface area contributed by atoms with Crippen LogP contribution in [0.15, 0.2) is 18.5 Å². The van der Waals surface area contributed by atoms with E-state index >= 15 is 0 Å². The van der Waals surface area contributed by atoms with Crippen molar-refractivity contribution in [3.05, 3.63) is 18.5 Å². The monoisotopic (exact) mass is 182 g/mol. The van der Waals surface area contributed by atoms with Crippen molar-refractivity contribution in [1.82, 2.24) is 10.3 Å². The predicted molar refractivity (Wildman–Crippen MR) is 53.9 cm³/mol. The first-order valence-corrected chi connectivity index (χ1v) is 3.83. The summed E-state index contributed by atoms with van der Waals surface area (Å²) in [5.74, 6) is 0. The molecule has 0 atom stereocenters. The second-order valence-electron chi connectivity index (χ2n) is 2.17. The molecule has 0 fully saturated rings. The Labute approximate surface area is 76.2 Å². The molecule has 12 heavy (non-hydrogen) atoms. The number of nitrogen functional groups attached to an aromatic ring is 1. The third-order valence-electron chi connectivity index (χ3n) is 1.33. The molecule has 0 saturated heterocycles. The molecular formula is C7H10N4S. The van der Waals surface area contributed by atoms with Crippen molar-refractivity contribution in [3.8, 4) is 0 Å². The van der Waals surface area contributed by atoms with Crippen LogP contribution in [0.1, 0.15) is 0 Å². The molecule has 4 N–H and O–H groups in total. The van der Waals surface area contributed by atoms with E-state index in [9.17, 15) is 0 Å². The molecule has 0 aliphatic carbocycles. The van der Waals surface area contributed by atoms with Gasteiger partial charge in [-0.05, 0) is 18.3 Å². The van der Waals surface area contributed by atoms with Crippen molar-refractivity contribution in [2.75, 3.05) is 18.1 Å². The molecule has 0 aromatic carbocycles. The second-order valence-corrected chi connectivity index (χ2v) is 2.58. The third-order valence-corrected chi connectivity index (χ3v) is 1.64. The van der Waals surface area contributed by atoms with E-state index in [0.717, 1.165) is 5.69 Å². The van der Waals surface area contributed by atoms with E-state index in [1.54, 1.807) is 25.5 Å². The number of pyridine rings is 1. The molecule has 0 spiro atoms. The van der Waals surface area contributed by atoms with Crippen LogP contribution in [0.25, 0.3) is 0 Å². The number of aromatic nitrogens is 1. The number of nitrogens with two attached hydrogens (primary N) is 1. The number of nitrogens with zero attached hydrogens (tertiary/aromatic N) is 1. The molecule has 0 aliphatic heterocycles. The number of hydrogen-bond donors (Lipinski definition) is 3. The highest BCUT2D eigenvalue weighted by Gasteiger charge is 1.98. The molecule has 1 aromatic heterocycles. The number of hydrogen-bond acceptors (Lipinski definition) is 3. The number of nitrogens with one attached hydrogen (secondary N) is 2. The van der Waals surface area contributed by atoms with Crippen molar-refractivity contribution in [2.45, 2.75) is 0 Å². The minimum Gasteiger partial charge on any atom is -0.397 e. The highest BCUT2D eigenvalue weighted by molar-refractivity contribution is 7.80. The summed E-state index contributed by atoms with van der Waals surface area (Å²) in [6.07, 6.45) is 3.25. The normalized spacial score (nSPS) is 9.08. The van der Waals surface area contributed by atoms with Crippen LogP contribution in [0.4, 0.5) is 11.4 Å². The summed E-state index contributed by atoms with van der Waals surface area (Å²) < 4.78 is 0. The fourth-order valence-electron chi connectivity index (χ4n) is 0.694. The van der Waals surface area contributed by atoms with Gasteiger partial charge in [0, 0.05) is 13.2 Å². The number of thiocarbonyl (C=S) groups is 1. The third kappa shape index (κ3) is 2.06. The van der Waals surface area contributed by atoms with E-state index in [1.807, 2.05) is 0 Å². The van der Waals surface area contributed by atoms with Gasteiger partial charge < -0.3 is 16.4 Å². The summed E-state index contributed by atoms with van der Waals surface area (Å²) >= 11 is 4.89. The molecular weight excluding hydrogens is 172 g/mol. The van der Waals surface area contributed by atoms with Gasteiger partial charge in [-0.2, -0.15) is 0 Å². The van der Waals surface area contributed by atoms with Crippen LogP contribution in [-0.4, -0.2) is 17.1 Å². The van der Waals surface area contributed by atoms with Crippen LogP contribution in [-0.2, 0) is 0 Å². The zero-order chi connectivity index (χ0) is 8.97. The Bertz CT molecular complexity index is 286. The van der Waals surface area contributed by atoms with E-state index in [-0.39, 0.29) is 0 Å². The summed E-state index contributed by atoms with van der Waals surface area (Å²) in [6.45, 7) is 0. The van der Waals surface area contributed by atoms with Crippen LogP contribution in [0, 0.1) is 0 Å². The SMILES string of the molecule is CNC(=S)Nc1cnccc1N. The Morgan fingerprint density at radius 3 is 3.00 bits per heavy atom. The average molecular weight is 182 g/mol. The maximum absolute atomic E-state index is 5.63. The van der Waals surface area contributed by atoms with E-state index in [0.29, 0.717) is 10.8 Å². The highest BCUT2D eigenvalue weighted by atomic mass is 32.1. The van der Waals surface area contributed by atoms with Crippen LogP contribution >= 0.6 is 12.2 Å². The molecule has 4 nitrogen and oxygen atoms in total. The van der Waals surface area contributed by atoms with Crippen molar-refractivity contribution in [2.24, 2.45) is 0 Å². The van der Waals surface area contributed by atoms with Gasteiger partial charge in [-0.15, -0.1) is 0 Å². The maximum atomic E-state index is 5.63. The molecule has 0 amide bonds. The maximum Gasteiger partial charge on any atom is 0.170 e. The first kappa shape index (κ1) is 8.73. The minimum atomic E-state index is 0.523. The summed E-state index contributed by atoms with van der Waals surface area (Å²) in [4.78, 5) is 3.90. The highest BCUT2D eigenvalue weighted by Crippen LogP contribution is 2.14. The lowest BCUT2D eigenvalue weighted by molar-refractivity contribution is 1.19. The summed E-state index contributed by atoms with van der Waals surface area (Å²) in [7, 11) is 1.74. The lowest BCUT2D eigenvalue weighted by atomic mass is 10.3. The first-order valence-electron chi connectivity index (χ1n) is 3.42. The van der Waals surface area contributed by atoms with Crippen LogP contribution in [0.3, 0.4) is 0 Å². The van der Waals surface area contributed by atoms with Crippen molar-refractivity contribution < 1.29 is 0 Å². The van der Waals surface area contributed by atoms with Gasteiger partial charge in [-0.3, -0.25) is 4.98 Å². The quantitative estimate of drug-likeness (QED) is 0.554. The fraction of sp³-hybridized carbons (Fsp3) is 0.143. The Kier molecular flexibility index (Phi) is 2.82. The molecule has 64 valence electrons. The summed E-state index contributed by atoms with van der Waals surface area (Å²) in [5.41, 5.74) is 6.98. The van der Waals surface area contributed by atoms with E-state index in [1.165, 1.54) is 0 Å². The Morgan fingerprint density at radius 1 is 1.67 bits per heavy atom. The van der Waals surface area contributed by atoms with Gasteiger partial charge in [0.05, 0.1) is 17.6 Å². The largest absolute Gasteiger partial charge is 0.397 e. The van der Waals surface area contributed by atoms with Gasteiger partial charge in [0.2, 0.25) is 0 Å². The van der Waals surface area contributed by atoms with Crippen LogP contribution in [0.2, 0.25) is 0 Å². The van der Waals surface area contributed by atoms with Crippen molar-refractivity contribution >= 4 is 28.7 Å². The van der Waals surface area contributed by atoms with Crippen molar-refractivity contribution in [1.29, 1.82) is 0 Å². The van der Waals surface area contributed by atoms with Gasteiger partial charge in [0.15, 0.2) is 5.11 Å². The van der Waals surface area contributed by atoms with E-state index in [2.05, 4.69) is 15.6 Å². The van der Waals surface area contributed by atoms with Crippen LogP contribution < -0.4 is 16.4 Å². The van der Waals surface area contributed by atoms with Gasteiger partial charge in [-0.25, -0.2) is 0 Å². The average Bonchev–Trinajstić information content (AvgIpc) is 2.09. The fourth-order valence-corrected chi connectivity index (χ4v) is 0.804. The molecule has 0 saturated carbocycles. The zero-order valence-corrected chi connectivity index (χ0v) is 7.48. The summed E-state index contributed by atoms with van der Waals surface area (Å²) in [5, 5.41) is 6.19. The zero-order valence-electron chi connectivity index (χ0n) is 6.66. The molecule has 0 radical (unpaired) electrons. The van der Waals surface area contributed by atoms with Gasteiger partial charge in [-0.1, -0.05) is 0 Å². The van der Waals surface area contributed by atoms with Gasteiger partial charge in [0.25, 0.3) is 0 Å². The molecule has 0 unspecified atom stereocenters. The summed E-state index contributed by atoms with van der Waals surface area (Å²) in [6, 6.07) is 1.71. The second kappa shape index (κ2) is 3.87. The lowest BCUT2D eigenvalue weighted by Crippen LogP contribution is -2.24. The molecule has 0 aliphatic rings. The molecule has 1 heterocycles. The Morgan fingerprint density at radius 2 is 2.42 bits per heavy atom. The van der Waals surface area contributed by atoms with E-state index < -0.39 is 0 Å². The number of anilines is 2. The smallest absolute Gasteiger partial charge is 0.170 e. The Balaban J connectivity index is 2.75. The Hall–Kier alpha value is -1.36. The molecule has 5 heteroatoms. The number of rotatable bonds is 1. The standard InChI is InChI=1S/C7H10N4S/c1-9-7(12)11-6-4-10-3-2-5(6)8/h2-4H,1H3,(H2,8,10)(H2,9,11,12). The molecule has 1 rings (SSSR count). The molecule has 0 bridgehead atoms. The van der Waals surface area contributed by atoms with Gasteiger partial charge in [0.1, 0.15) is 0 Å². The topological polar surface area (TPSA) is 63.0 Å².